The van der Waals surface area contributed by atoms with Crippen LogP contribution < -0.4 is 15.6 Å². The van der Waals surface area contributed by atoms with E-state index in [0.717, 1.165) is 16.7 Å². The zero-order chi connectivity index (χ0) is 20.3. The Morgan fingerprint density at radius 3 is 2.39 bits per heavy atom. The topological polar surface area (TPSA) is 108 Å². The van der Waals surface area contributed by atoms with Crippen LogP contribution in [-0.2, 0) is 9.59 Å². The molecule has 1 fully saturated rings. The van der Waals surface area contributed by atoms with E-state index in [1.165, 1.54) is 24.3 Å². The lowest BCUT2D eigenvalue weighted by molar-refractivity contribution is -0.131. The second-order valence-corrected chi connectivity index (χ2v) is 6.44. The highest BCUT2D eigenvalue weighted by Crippen LogP contribution is 2.22. The second-order valence-electron chi connectivity index (χ2n) is 6.01. The van der Waals surface area contributed by atoms with E-state index in [0.29, 0.717) is 10.6 Å². The number of anilines is 1. The lowest BCUT2D eigenvalue weighted by Crippen LogP contribution is -2.58. The summed E-state index contributed by atoms with van der Waals surface area (Å²) >= 11 is 5.81. The quantitative estimate of drug-likeness (QED) is 0.467. The van der Waals surface area contributed by atoms with Gasteiger partial charge in [0.1, 0.15) is 0 Å². The van der Waals surface area contributed by atoms with E-state index in [2.05, 4.69) is 15.8 Å². The molecule has 142 valence electrons. The predicted octanol–water partition coefficient (Wildman–Crippen LogP) is 2.26. The Balaban J connectivity index is 1.74. The highest BCUT2D eigenvalue weighted by Gasteiger charge is 2.40. The van der Waals surface area contributed by atoms with Crippen LogP contribution in [0.15, 0.2) is 53.6 Å². The van der Waals surface area contributed by atoms with E-state index in [4.69, 9.17) is 11.6 Å². The van der Waals surface area contributed by atoms with Gasteiger partial charge in [0.25, 0.3) is 11.8 Å². The Morgan fingerprint density at radius 1 is 1.11 bits per heavy atom. The van der Waals surface area contributed by atoms with Crippen molar-refractivity contribution in [3.63, 3.8) is 0 Å². The first-order valence-corrected chi connectivity index (χ1v) is 8.59. The molecule has 2 aromatic rings. The average Bonchev–Trinajstić information content (AvgIpc) is 2.66. The van der Waals surface area contributed by atoms with Gasteiger partial charge in [-0.25, -0.2) is 15.1 Å². The average molecular weight is 399 g/mol. The SMILES string of the molecule is Cc1ccc(C(=O)N/N=C\[C@@H]2C(=O)NC(=O)N(c3ccc(Cl)cc3)C2=O)cc1. The van der Waals surface area contributed by atoms with Crippen molar-refractivity contribution in [3.8, 4) is 0 Å². The van der Waals surface area contributed by atoms with E-state index in [1.807, 2.05) is 6.92 Å². The Morgan fingerprint density at radius 2 is 1.75 bits per heavy atom. The van der Waals surface area contributed by atoms with Crippen molar-refractivity contribution in [2.45, 2.75) is 6.92 Å². The zero-order valence-electron chi connectivity index (χ0n) is 14.7. The first-order chi connectivity index (χ1) is 13.4. The van der Waals surface area contributed by atoms with Crippen LogP contribution in [0.3, 0.4) is 0 Å². The number of halogens is 1. The molecule has 28 heavy (non-hydrogen) atoms. The van der Waals surface area contributed by atoms with Crippen molar-refractivity contribution < 1.29 is 19.2 Å². The maximum atomic E-state index is 12.6. The summed E-state index contributed by atoms with van der Waals surface area (Å²) in [6, 6.07) is 11.9. The number of nitrogens with zero attached hydrogens (tertiary/aromatic N) is 2. The molecule has 0 bridgehead atoms. The Hall–Kier alpha value is -3.52. The third-order valence-corrected chi connectivity index (χ3v) is 4.24. The molecule has 0 aromatic heterocycles. The number of carbonyl (C=O) groups excluding carboxylic acids is 4. The van der Waals surface area contributed by atoms with Gasteiger partial charge in [0.05, 0.1) is 5.69 Å². The van der Waals surface area contributed by atoms with Gasteiger partial charge in [-0.3, -0.25) is 19.7 Å². The molecular weight excluding hydrogens is 384 g/mol. The van der Waals surface area contributed by atoms with Crippen LogP contribution in [0.2, 0.25) is 5.02 Å². The minimum absolute atomic E-state index is 0.251. The molecular formula is C19H15ClN4O4. The molecule has 0 saturated carbocycles. The molecule has 1 saturated heterocycles. The minimum atomic E-state index is -1.37. The fourth-order valence-corrected chi connectivity index (χ4v) is 2.62. The molecule has 8 nitrogen and oxygen atoms in total. The smallest absolute Gasteiger partial charge is 0.276 e. The molecule has 1 aliphatic rings. The number of carbonyl (C=O) groups is 4. The van der Waals surface area contributed by atoms with Crippen molar-refractivity contribution in [2.75, 3.05) is 4.90 Å². The van der Waals surface area contributed by atoms with Crippen molar-refractivity contribution in [2.24, 2.45) is 11.0 Å². The summed E-state index contributed by atoms with van der Waals surface area (Å²) in [5.41, 5.74) is 3.88. The predicted molar refractivity (Wildman–Crippen MR) is 103 cm³/mol. The van der Waals surface area contributed by atoms with Gasteiger partial charge in [0, 0.05) is 16.8 Å². The van der Waals surface area contributed by atoms with E-state index in [1.54, 1.807) is 24.3 Å². The van der Waals surface area contributed by atoms with Gasteiger partial charge in [-0.15, -0.1) is 0 Å². The molecule has 1 atom stereocenters. The zero-order valence-corrected chi connectivity index (χ0v) is 15.4. The summed E-state index contributed by atoms with van der Waals surface area (Å²) in [5.74, 6) is -3.48. The number of barbiturate groups is 1. The van der Waals surface area contributed by atoms with E-state index < -0.39 is 29.7 Å². The van der Waals surface area contributed by atoms with Gasteiger partial charge in [-0.05, 0) is 43.3 Å². The number of amides is 5. The van der Waals surface area contributed by atoms with Crippen LogP contribution in [0.25, 0.3) is 0 Å². The Bertz CT molecular complexity index is 970. The Labute approximate surface area is 165 Å². The molecule has 5 amide bonds. The summed E-state index contributed by atoms with van der Waals surface area (Å²) in [7, 11) is 0. The molecule has 0 unspecified atom stereocenters. The molecule has 0 aliphatic carbocycles. The van der Waals surface area contributed by atoms with Crippen LogP contribution in [0.1, 0.15) is 15.9 Å². The summed E-state index contributed by atoms with van der Waals surface area (Å²) in [6.07, 6.45) is 0.985. The van der Waals surface area contributed by atoms with Gasteiger partial charge >= 0.3 is 6.03 Å². The molecule has 3 rings (SSSR count). The normalized spacial score (nSPS) is 17.0. The minimum Gasteiger partial charge on any atom is -0.276 e. The van der Waals surface area contributed by atoms with Crippen LogP contribution in [0.4, 0.5) is 10.5 Å². The summed E-state index contributed by atoms with van der Waals surface area (Å²) in [6.45, 7) is 1.89. The van der Waals surface area contributed by atoms with Gasteiger partial charge in [0.15, 0.2) is 5.92 Å². The van der Waals surface area contributed by atoms with Crippen LogP contribution >= 0.6 is 11.6 Å². The first kappa shape index (κ1) is 19.2. The lowest BCUT2D eigenvalue weighted by atomic mass is 10.1. The number of hydrazone groups is 1. The number of aryl methyl sites for hydroxylation is 1. The molecule has 2 aromatic carbocycles. The molecule has 0 spiro atoms. The molecule has 1 aliphatic heterocycles. The van der Waals surface area contributed by atoms with Gasteiger partial charge in [0.2, 0.25) is 5.91 Å². The number of hydrogen-bond donors (Lipinski definition) is 2. The Kier molecular flexibility index (Phi) is 5.51. The van der Waals surface area contributed by atoms with E-state index >= 15 is 0 Å². The third kappa shape index (κ3) is 4.07. The number of urea groups is 1. The van der Waals surface area contributed by atoms with Crippen molar-refractivity contribution in [3.05, 3.63) is 64.7 Å². The van der Waals surface area contributed by atoms with Crippen LogP contribution in [-0.4, -0.2) is 30.0 Å². The lowest BCUT2D eigenvalue weighted by Gasteiger charge is -2.28. The number of rotatable bonds is 4. The monoisotopic (exact) mass is 398 g/mol. The molecule has 2 N–H and O–H groups in total. The second kappa shape index (κ2) is 8.01. The maximum absolute atomic E-state index is 12.6. The summed E-state index contributed by atoms with van der Waals surface area (Å²) in [4.78, 5) is 49.6. The molecule has 1 heterocycles. The number of hydrogen-bond acceptors (Lipinski definition) is 5. The van der Waals surface area contributed by atoms with Crippen molar-refractivity contribution in [1.29, 1.82) is 0 Å². The largest absolute Gasteiger partial charge is 0.335 e. The third-order valence-electron chi connectivity index (χ3n) is 3.99. The van der Waals surface area contributed by atoms with Gasteiger partial charge < -0.3 is 0 Å². The van der Waals surface area contributed by atoms with Crippen LogP contribution in [0.5, 0.6) is 0 Å². The number of imide groups is 2. The van der Waals surface area contributed by atoms with E-state index in [-0.39, 0.29) is 5.69 Å². The molecule has 0 radical (unpaired) electrons. The van der Waals surface area contributed by atoms with E-state index in [9.17, 15) is 19.2 Å². The fourth-order valence-electron chi connectivity index (χ4n) is 2.50. The van der Waals surface area contributed by atoms with Gasteiger partial charge in [-0.1, -0.05) is 29.3 Å². The van der Waals surface area contributed by atoms with Crippen molar-refractivity contribution >= 4 is 47.3 Å². The standard InChI is InChI=1S/C19H15ClN4O4/c1-11-2-4-12(5-3-11)16(25)23-21-10-15-17(26)22-19(28)24(18(15)27)14-8-6-13(20)7-9-14/h2-10,15H,1H3,(H,23,25)(H,22,26,28)/b21-10-/t15-/m1/s1. The number of nitrogens with one attached hydrogen (secondary N) is 2. The first-order valence-electron chi connectivity index (χ1n) is 8.21. The fraction of sp³-hybridized carbons (Fsp3) is 0.105. The summed E-state index contributed by atoms with van der Waals surface area (Å²) < 4.78 is 0. The highest BCUT2D eigenvalue weighted by molar-refractivity contribution is 6.33. The van der Waals surface area contributed by atoms with Crippen molar-refractivity contribution in [1.82, 2.24) is 10.7 Å². The maximum Gasteiger partial charge on any atom is 0.335 e. The van der Waals surface area contributed by atoms with Gasteiger partial charge in [-0.2, -0.15) is 5.10 Å². The van der Waals surface area contributed by atoms with Crippen LogP contribution in [0, 0.1) is 12.8 Å². The highest BCUT2D eigenvalue weighted by atomic mass is 35.5. The number of benzene rings is 2. The molecule has 9 heteroatoms. The summed E-state index contributed by atoms with van der Waals surface area (Å²) in [5, 5.41) is 6.22.